The minimum atomic E-state index is -0.124. The number of para-hydroxylation sites is 1. The average Bonchev–Trinajstić information content (AvgIpc) is 2.44. The first kappa shape index (κ1) is 15.3. The van der Waals surface area contributed by atoms with Gasteiger partial charge in [0.25, 0.3) is 5.91 Å². The van der Waals surface area contributed by atoms with E-state index in [1.165, 1.54) is 0 Å². The van der Waals surface area contributed by atoms with Gasteiger partial charge in [0.05, 0.1) is 5.52 Å². The van der Waals surface area contributed by atoms with E-state index in [2.05, 4.69) is 36.4 Å². The van der Waals surface area contributed by atoms with E-state index >= 15 is 0 Å². The number of fused-ring (bicyclic) bond motifs is 1. The molecular formula is C17H23N3O. The smallest absolute Gasteiger partial charge is 0.269 e. The molecule has 2 aromatic rings. The molecule has 1 aromatic heterocycles. The number of hydrogen-bond acceptors (Lipinski definition) is 3. The highest BCUT2D eigenvalue weighted by molar-refractivity contribution is 5.99. The van der Waals surface area contributed by atoms with Crippen molar-refractivity contribution in [3.63, 3.8) is 0 Å². The quantitative estimate of drug-likeness (QED) is 0.904. The van der Waals surface area contributed by atoms with Gasteiger partial charge in [0.15, 0.2) is 0 Å². The van der Waals surface area contributed by atoms with E-state index in [4.69, 9.17) is 0 Å². The van der Waals surface area contributed by atoms with Crippen LogP contribution in [0.4, 0.5) is 5.69 Å². The summed E-state index contributed by atoms with van der Waals surface area (Å²) in [7, 11) is 1.85. The molecule has 0 spiro atoms. The lowest BCUT2D eigenvalue weighted by molar-refractivity contribution is 0.0945. The van der Waals surface area contributed by atoms with Gasteiger partial charge in [0.2, 0.25) is 0 Å². The fourth-order valence-electron chi connectivity index (χ4n) is 2.14. The van der Waals surface area contributed by atoms with Gasteiger partial charge in [-0.1, -0.05) is 39.0 Å². The number of carbonyl (C=O) groups excluding carboxylic acids is 1. The minimum absolute atomic E-state index is 0.124. The summed E-state index contributed by atoms with van der Waals surface area (Å²) in [6, 6.07) is 9.61. The van der Waals surface area contributed by atoms with Crippen LogP contribution in [0.15, 0.2) is 30.3 Å². The molecule has 1 aromatic carbocycles. The molecule has 4 nitrogen and oxygen atoms in total. The van der Waals surface area contributed by atoms with Crippen molar-refractivity contribution < 1.29 is 4.79 Å². The predicted octanol–water partition coefficient (Wildman–Crippen LogP) is 3.44. The Balaban J connectivity index is 2.20. The van der Waals surface area contributed by atoms with Crippen molar-refractivity contribution in [2.24, 2.45) is 5.41 Å². The second kappa shape index (κ2) is 6.12. The summed E-state index contributed by atoms with van der Waals surface area (Å²) in [5.41, 5.74) is 2.40. The fourth-order valence-corrected chi connectivity index (χ4v) is 2.14. The first-order valence-electron chi connectivity index (χ1n) is 7.26. The van der Waals surface area contributed by atoms with Gasteiger partial charge in [-0.3, -0.25) is 4.79 Å². The Morgan fingerprint density at radius 1 is 1.24 bits per heavy atom. The molecule has 0 aliphatic heterocycles. The van der Waals surface area contributed by atoms with Crippen LogP contribution < -0.4 is 10.6 Å². The summed E-state index contributed by atoms with van der Waals surface area (Å²) in [5, 5.41) is 7.09. The molecule has 0 aliphatic carbocycles. The monoisotopic (exact) mass is 285 g/mol. The Kier molecular flexibility index (Phi) is 4.46. The molecule has 1 heterocycles. The maximum Gasteiger partial charge on any atom is 0.269 e. The van der Waals surface area contributed by atoms with Gasteiger partial charge in [0.1, 0.15) is 5.69 Å². The number of benzene rings is 1. The highest BCUT2D eigenvalue weighted by Gasteiger charge is 2.13. The lowest BCUT2D eigenvalue weighted by Gasteiger charge is -2.18. The molecule has 21 heavy (non-hydrogen) atoms. The van der Waals surface area contributed by atoms with E-state index < -0.39 is 0 Å². The molecule has 4 heteroatoms. The van der Waals surface area contributed by atoms with Crippen LogP contribution in [0.3, 0.4) is 0 Å². The molecule has 2 rings (SSSR count). The van der Waals surface area contributed by atoms with Crippen LogP contribution >= 0.6 is 0 Å². The van der Waals surface area contributed by atoms with Crippen molar-refractivity contribution in [1.29, 1.82) is 0 Å². The number of anilines is 1. The van der Waals surface area contributed by atoms with E-state index in [-0.39, 0.29) is 11.3 Å². The first-order chi connectivity index (χ1) is 9.90. The number of pyridine rings is 1. The molecule has 0 unspecified atom stereocenters. The second-order valence-electron chi connectivity index (χ2n) is 6.39. The lowest BCUT2D eigenvalue weighted by Crippen LogP contribution is -2.28. The van der Waals surface area contributed by atoms with Crippen molar-refractivity contribution in [2.45, 2.75) is 27.2 Å². The summed E-state index contributed by atoms with van der Waals surface area (Å²) in [4.78, 5) is 16.7. The SMILES string of the molecule is CNc1cc(C(=O)NCCC(C)(C)C)nc2ccccc12. The third-order valence-corrected chi connectivity index (χ3v) is 3.38. The Morgan fingerprint density at radius 2 is 1.95 bits per heavy atom. The van der Waals surface area contributed by atoms with Crippen LogP contribution in [0.25, 0.3) is 10.9 Å². The lowest BCUT2D eigenvalue weighted by atomic mass is 9.92. The third-order valence-electron chi connectivity index (χ3n) is 3.38. The highest BCUT2D eigenvalue weighted by Crippen LogP contribution is 2.22. The summed E-state index contributed by atoms with van der Waals surface area (Å²) >= 11 is 0. The second-order valence-corrected chi connectivity index (χ2v) is 6.39. The Hall–Kier alpha value is -2.10. The van der Waals surface area contributed by atoms with Gasteiger partial charge in [-0.05, 0) is 24.0 Å². The highest BCUT2D eigenvalue weighted by atomic mass is 16.1. The zero-order valence-electron chi connectivity index (χ0n) is 13.2. The zero-order chi connectivity index (χ0) is 15.5. The number of nitrogens with one attached hydrogen (secondary N) is 2. The average molecular weight is 285 g/mol. The minimum Gasteiger partial charge on any atom is -0.388 e. The van der Waals surface area contributed by atoms with Crippen LogP contribution in [-0.2, 0) is 0 Å². The van der Waals surface area contributed by atoms with Gasteiger partial charge in [0, 0.05) is 24.7 Å². The Morgan fingerprint density at radius 3 is 2.62 bits per heavy atom. The number of hydrogen-bond donors (Lipinski definition) is 2. The van der Waals surface area contributed by atoms with Crippen LogP contribution in [-0.4, -0.2) is 24.5 Å². The molecule has 112 valence electrons. The zero-order valence-corrected chi connectivity index (χ0v) is 13.2. The maximum absolute atomic E-state index is 12.2. The van der Waals surface area contributed by atoms with Gasteiger partial charge >= 0.3 is 0 Å². The van der Waals surface area contributed by atoms with Crippen LogP contribution in [0.1, 0.15) is 37.7 Å². The number of aromatic nitrogens is 1. The normalized spacial score (nSPS) is 11.4. The largest absolute Gasteiger partial charge is 0.388 e. The van der Waals surface area contributed by atoms with Gasteiger partial charge < -0.3 is 10.6 Å². The van der Waals surface area contributed by atoms with E-state index in [0.717, 1.165) is 23.0 Å². The van der Waals surface area contributed by atoms with Crippen molar-refractivity contribution in [2.75, 3.05) is 18.9 Å². The van der Waals surface area contributed by atoms with Crippen LogP contribution in [0, 0.1) is 5.41 Å². The Labute approximate surface area is 126 Å². The molecule has 0 saturated heterocycles. The summed E-state index contributed by atoms with van der Waals surface area (Å²) in [6.07, 6.45) is 0.936. The topological polar surface area (TPSA) is 54.0 Å². The number of amides is 1. The maximum atomic E-state index is 12.2. The fraction of sp³-hybridized carbons (Fsp3) is 0.412. The first-order valence-corrected chi connectivity index (χ1v) is 7.26. The van der Waals surface area contributed by atoms with Crippen molar-refractivity contribution in [3.8, 4) is 0 Å². The molecule has 0 aliphatic rings. The molecule has 0 radical (unpaired) electrons. The molecule has 1 amide bonds. The van der Waals surface area contributed by atoms with Gasteiger partial charge in [-0.15, -0.1) is 0 Å². The molecule has 0 saturated carbocycles. The number of nitrogens with zero attached hydrogens (tertiary/aromatic N) is 1. The van der Waals surface area contributed by atoms with E-state index in [9.17, 15) is 4.79 Å². The molecule has 0 fully saturated rings. The molecule has 0 atom stereocenters. The van der Waals surface area contributed by atoms with Gasteiger partial charge in [-0.2, -0.15) is 0 Å². The molecular weight excluding hydrogens is 262 g/mol. The summed E-state index contributed by atoms with van der Waals surface area (Å²) in [6.45, 7) is 7.14. The number of carbonyl (C=O) groups is 1. The standard InChI is InChI=1S/C17H23N3O/c1-17(2,3)9-10-19-16(21)15-11-14(18-4)12-7-5-6-8-13(12)20-15/h5-8,11H,9-10H2,1-4H3,(H,18,20)(H,19,21). The van der Waals surface area contributed by atoms with E-state index in [0.29, 0.717) is 12.2 Å². The Bertz CT molecular complexity index is 644. The van der Waals surface area contributed by atoms with Crippen molar-refractivity contribution in [1.82, 2.24) is 10.3 Å². The van der Waals surface area contributed by atoms with Crippen LogP contribution in [0.2, 0.25) is 0 Å². The summed E-state index contributed by atoms with van der Waals surface area (Å²) < 4.78 is 0. The van der Waals surface area contributed by atoms with E-state index in [1.807, 2.05) is 31.3 Å². The molecule has 0 bridgehead atoms. The van der Waals surface area contributed by atoms with Crippen molar-refractivity contribution in [3.05, 3.63) is 36.0 Å². The third kappa shape index (κ3) is 3.94. The summed E-state index contributed by atoms with van der Waals surface area (Å²) in [5.74, 6) is -0.124. The number of rotatable bonds is 4. The van der Waals surface area contributed by atoms with E-state index in [1.54, 1.807) is 6.07 Å². The predicted molar refractivity (Wildman–Crippen MR) is 87.7 cm³/mol. The molecule has 2 N–H and O–H groups in total. The van der Waals surface area contributed by atoms with Gasteiger partial charge in [-0.25, -0.2) is 4.98 Å². The van der Waals surface area contributed by atoms with Crippen molar-refractivity contribution >= 4 is 22.5 Å². The van der Waals surface area contributed by atoms with Crippen LogP contribution in [0.5, 0.6) is 0 Å².